The van der Waals surface area contributed by atoms with Gasteiger partial charge in [-0.2, -0.15) is 5.10 Å². The summed E-state index contributed by atoms with van der Waals surface area (Å²) in [5.74, 6) is 1.33. The van der Waals surface area contributed by atoms with Gasteiger partial charge in [0, 0.05) is 5.02 Å². The standard InChI is InChI=1S/C22H19ClN4O2S/c1-15-10-11-17(29-15)12-24-26-21(28)14-30-22-25-19-8-4-5-9-20(19)27(22)13-16-6-2-3-7-18(16)23/h2-12H,13-14H2,1H3,(H,26,28)/b24-12+. The van der Waals surface area contributed by atoms with Crippen molar-refractivity contribution in [3.05, 3.63) is 82.8 Å². The number of hydrogen-bond acceptors (Lipinski definition) is 5. The van der Waals surface area contributed by atoms with Gasteiger partial charge in [-0.25, -0.2) is 10.4 Å². The van der Waals surface area contributed by atoms with Crippen molar-refractivity contribution in [2.45, 2.75) is 18.6 Å². The van der Waals surface area contributed by atoms with Gasteiger partial charge in [0.25, 0.3) is 5.91 Å². The number of hydrazone groups is 1. The predicted molar refractivity (Wildman–Crippen MR) is 120 cm³/mol. The molecule has 0 radical (unpaired) electrons. The van der Waals surface area contributed by atoms with Crippen molar-refractivity contribution in [1.29, 1.82) is 0 Å². The number of amides is 1. The lowest BCUT2D eigenvalue weighted by Crippen LogP contribution is -2.20. The first-order valence-corrected chi connectivity index (χ1v) is 10.7. The van der Waals surface area contributed by atoms with Gasteiger partial charge in [0.05, 0.1) is 29.5 Å². The Hall–Kier alpha value is -3.03. The number of carbonyl (C=O) groups is 1. The minimum atomic E-state index is -0.226. The molecule has 0 saturated heterocycles. The SMILES string of the molecule is Cc1ccc(/C=N/NC(=O)CSc2nc3ccccc3n2Cc2ccccc2Cl)o1. The summed E-state index contributed by atoms with van der Waals surface area (Å²) < 4.78 is 7.45. The van der Waals surface area contributed by atoms with E-state index in [0.29, 0.717) is 17.3 Å². The third kappa shape index (κ3) is 4.75. The van der Waals surface area contributed by atoms with Crippen LogP contribution in [0, 0.1) is 6.92 Å². The summed E-state index contributed by atoms with van der Waals surface area (Å²) in [5, 5.41) is 5.38. The maximum atomic E-state index is 12.2. The van der Waals surface area contributed by atoms with Crippen LogP contribution in [0.3, 0.4) is 0 Å². The molecule has 8 heteroatoms. The molecule has 0 bridgehead atoms. The zero-order valence-corrected chi connectivity index (χ0v) is 17.8. The molecule has 1 N–H and O–H groups in total. The summed E-state index contributed by atoms with van der Waals surface area (Å²) in [6, 6.07) is 19.2. The molecule has 6 nitrogen and oxygen atoms in total. The quantitative estimate of drug-likeness (QED) is 0.253. The van der Waals surface area contributed by atoms with Crippen LogP contribution >= 0.6 is 23.4 Å². The number of aromatic nitrogens is 2. The number of thioether (sulfide) groups is 1. The Morgan fingerprint density at radius 1 is 1.20 bits per heavy atom. The van der Waals surface area contributed by atoms with Gasteiger partial charge in [0.1, 0.15) is 11.5 Å². The molecule has 0 saturated carbocycles. The van der Waals surface area contributed by atoms with E-state index in [1.54, 1.807) is 6.07 Å². The van der Waals surface area contributed by atoms with E-state index in [9.17, 15) is 4.79 Å². The summed E-state index contributed by atoms with van der Waals surface area (Å²) in [6.07, 6.45) is 1.47. The number of benzene rings is 2. The van der Waals surface area contributed by atoms with Gasteiger partial charge in [0.2, 0.25) is 0 Å². The lowest BCUT2D eigenvalue weighted by Gasteiger charge is -2.10. The maximum Gasteiger partial charge on any atom is 0.250 e. The van der Waals surface area contributed by atoms with Crippen LogP contribution in [0.5, 0.6) is 0 Å². The van der Waals surface area contributed by atoms with Crippen molar-refractivity contribution in [2.75, 3.05) is 5.75 Å². The number of furan rings is 1. The molecular formula is C22H19ClN4O2S. The molecule has 1 amide bonds. The molecule has 0 unspecified atom stereocenters. The van der Waals surface area contributed by atoms with E-state index in [-0.39, 0.29) is 11.7 Å². The summed E-state index contributed by atoms with van der Waals surface area (Å²) in [4.78, 5) is 16.9. The summed E-state index contributed by atoms with van der Waals surface area (Å²) >= 11 is 7.71. The van der Waals surface area contributed by atoms with Gasteiger partial charge in [0.15, 0.2) is 5.16 Å². The van der Waals surface area contributed by atoms with Crippen molar-refractivity contribution in [1.82, 2.24) is 15.0 Å². The fourth-order valence-corrected chi connectivity index (χ4v) is 3.97. The van der Waals surface area contributed by atoms with Crippen molar-refractivity contribution >= 4 is 46.5 Å². The molecule has 4 rings (SSSR count). The van der Waals surface area contributed by atoms with E-state index in [0.717, 1.165) is 27.5 Å². The number of nitrogens with one attached hydrogen (secondary N) is 1. The van der Waals surface area contributed by atoms with E-state index < -0.39 is 0 Å². The molecule has 152 valence electrons. The number of fused-ring (bicyclic) bond motifs is 1. The van der Waals surface area contributed by atoms with Crippen LogP contribution in [0.2, 0.25) is 5.02 Å². The van der Waals surface area contributed by atoms with Crippen LogP contribution in [-0.2, 0) is 11.3 Å². The fraction of sp³-hybridized carbons (Fsp3) is 0.136. The van der Waals surface area contributed by atoms with E-state index in [2.05, 4.69) is 15.1 Å². The normalized spacial score (nSPS) is 11.4. The summed E-state index contributed by atoms with van der Waals surface area (Å²) in [6.45, 7) is 2.42. The lowest BCUT2D eigenvalue weighted by atomic mass is 10.2. The van der Waals surface area contributed by atoms with Gasteiger partial charge in [-0.3, -0.25) is 4.79 Å². The molecule has 2 heterocycles. The second-order valence-corrected chi connectivity index (χ2v) is 7.94. The van der Waals surface area contributed by atoms with Crippen molar-refractivity contribution in [2.24, 2.45) is 5.10 Å². The molecule has 0 aliphatic carbocycles. The average Bonchev–Trinajstić information content (AvgIpc) is 3.31. The van der Waals surface area contributed by atoms with Crippen LogP contribution in [-0.4, -0.2) is 27.4 Å². The molecule has 0 fully saturated rings. The topological polar surface area (TPSA) is 72.4 Å². The van der Waals surface area contributed by atoms with Gasteiger partial charge in [-0.15, -0.1) is 0 Å². The largest absolute Gasteiger partial charge is 0.460 e. The highest BCUT2D eigenvalue weighted by Gasteiger charge is 2.14. The molecule has 2 aromatic heterocycles. The number of para-hydroxylation sites is 2. The highest BCUT2D eigenvalue weighted by Crippen LogP contribution is 2.27. The molecular weight excluding hydrogens is 420 g/mol. The highest BCUT2D eigenvalue weighted by atomic mass is 35.5. The number of carbonyl (C=O) groups excluding carboxylic acids is 1. The molecule has 0 spiro atoms. The van der Waals surface area contributed by atoms with Gasteiger partial charge < -0.3 is 8.98 Å². The van der Waals surface area contributed by atoms with Crippen LogP contribution < -0.4 is 5.43 Å². The first-order valence-electron chi connectivity index (χ1n) is 9.30. The van der Waals surface area contributed by atoms with Gasteiger partial charge in [-0.05, 0) is 42.8 Å². The Labute approximate surface area is 182 Å². The van der Waals surface area contributed by atoms with Crippen LogP contribution in [0.1, 0.15) is 17.1 Å². The van der Waals surface area contributed by atoms with Crippen LogP contribution in [0.4, 0.5) is 0 Å². The second-order valence-electron chi connectivity index (χ2n) is 6.59. The van der Waals surface area contributed by atoms with E-state index in [1.165, 1.54) is 18.0 Å². The number of imidazole rings is 1. The Kier molecular flexibility index (Phi) is 6.21. The Morgan fingerprint density at radius 3 is 2.80 bits per heavy atom. The van der Waals surface area contributed by atoms with E-state index >= 15 is 0 Å². The average molecular weight is 439 g/mol. The minimum Gasteiger partial charge on any atom is -0.460 e. The van der Waals surface area contributed by atoms with Crippen molar-refractivity contribution in [3.63, 3.8) is 0 Å². The van der Waals surface area contributed by atoms with Gasteiger partial charge >= 0.3 is 0 Å². The fourth-order valence-electron chi connectivity index (χ4n) is 2.97. The van der Waals surface area contributed by atoms with Crippen molar-refractivity contribution < 1.29 is 9.21 Å². The van der Waals surface area contributed by atoms with E-state index in [4.69, 9.17) is 21.0 Å². The maximum absolute atomic E-state index is 12.2. The zero-order chi connectivity index (χ0) is 20.9. The molecule has 4 aromatic rings. The number of hydrogen-bond donors (Lipinski definition) is 1. The lowest BCUT2D eigenvalue weighted by molar-refractivity contribution is -0.118. The first kappa shape index (κ1) is 20.3. The smallest absolute Gasteiger partial charge is 0.250 e. The number of nitrogens with zero attached hydrogens (tertiary/aromatic N) is 3. The summed E-state index contributed by atoms with van der Waals surface area (Å²) in [5.41, 5.74) is 5.37. The third-order valence-electron chi connectivity index (χ3n) is 4.38. The Balaban J connectivity index is 1.47. The Morgan fingerprint density at radius 2 is 2.00 bits per heavy atom. The molecule has 0 aliphatic rings. The molecule has 2 aromatic carbocycles. The highest BCUT2D eigenvalue weighted by molar-refractivity contribution is 7.99. The predicted octanol–water partition coefficient (Wildman–Crippen LogP) is 4.88. The Bertz CT molecular complexity index is 1210. The van der Waals surface area contributed by atoms with Crippen LogP contribution in [0.25, 0.3) is 11.0 Å². The number of rotatable bonds is 7. The summed E-state index contributed by atoms with van der Waals surface area (Å²) in [7, 11) is 0. The van der Waals surface area contributed by atoms with Crippen molar-refractivity contribution in [3.8, 4) is 0 Å². The monoisotopic (exact) mass is 438 g/mol. The van der Waals surface area contributed by atoms with E-state index in [1.807, 2.05) is 61.5 Å². The van der Waals surface area contributed by atoms with Gasteiger partial charge in [-0.1, -0.05) is 53.7 Å². The molecule has 30 heavy (non-hydrogen) atoms. The second kappa shape index (κ2) is 9.19. The molecule has 0 aliphatic heterocycles. The van der Waals surface area contributed by atoms with Crippen LogP contribution in [0.15, 0.2) is 75.3 Å². The number of halogens is 1. The zero-order valence-electron chi connectivity index (χ0n) is 16.2. The number of aryl methyl sites for hydroxylation is 1. The molecule has 0 atom stereocenters. The third-order valence-corrected chi connectivity index (χ3v) is 5.73. The minimum absolute atomic E-state index is 0.181. The first-order chi connectivity index (χ1) is 14.6.